The summed E-state index contributed by atoms with van der Waals surface area (Å²) in [5, 5.41) is 14.2. The summed E-state index contributed by atoms with van der Waals surface area (Å²) >= 11 is 0. The Morgan fingerprint density at radius 3 is 2.88 bits per heavy atom. The second-order valence-electron chi connectivity index (χ2n) is 8.82. The highest BCUT2D eigenvalue weighted by Crippen LogP contribution is 2.27. The van der Waals surface area contributed by atoms with Gasteiger partial charge in [0.15, 0.2) is 11.6 Å². The first-order valence-electron chi connectivity index (χ1n) is 11.5. The number of carbonyl (C=O) groups is 1. The molecule has 2 N–H and O–H groups in total. The molecule has 0 spiro atoms. The molecule has 174 valence electrons. The fourth-order valence-corrected chi connectivity index (χ4v) is 4.50. The summed E-state index contributed by atoms with van der Waals surface area (Å²) in [5.74, 6) is -0.275. The Balaban J connectivity index is 1.70. The van der Waals surface area contributed by atoms with Crippen molar-refractivity contribution in [3.63, 3.8) is 0 Å². The number of nitrogens with zero attached hydrogens (tertiary/aromatic N) is 1. The zero-order chi connectivity index (χ0) is 22.9. The maximum Gasteiger partial charge on any atom is 0.220 e. The fraction of sp³-hybridized carbons (Fsp3) is 0.500. The first-order valence-corrected chi connectivity index (χ1v) is 11.5. The van der Waals surface area contributed by atoms with Crippen LogP contribution >= 0.6 is 0 Å². The van der Waals surface area contributed by atoms with Crippen LogP contribution in [0.2, 0.25) is 0 Å². The lowest BCUT2D eigenvalue weighted by atomic mass is 9.91. The number of allylic oxidation sites excluding steroid dienone is 5. The number of aliphatic hydroxyl groups excluding tert-OH is 1. The molecule has 1 unspecified atom stereocenters. The van der Waals surface area contributed by atoms with Crippen LogP contribution in [-0.2, 0) is 4.79 Å². The van der Waals surface area contributed by atoms with Gasteiger partial charge in [0, 0.05) is 13.0 Å². The molecule has 0 radical (unpaired) electrons. The molecular weight excluding hydrogens is 407 g/mol. The van der Waals surface area contributed by atoms with Gasteiger partial charge in [-0.2, -0.15) is 0 Å². The van der Waals surface area contributed by atoms with E-state index in [1.165, 1.54) is 19.2 Å². The molecule has 1 heterocycles. The Hall–Kier alpha value is -2.44. The number of hydrogen-bond acceptors (Lipinski definition) is 4. The van der Waals surface area contributed by atoms with Crippen molar-refractivity contribution in [2.45, 2.75) is 50.7 Å². The van der Waals surface area contributed by atoms with Crippen LogP contribution < -0.4 is 10.1 Å². The van der Waals surface area contributed by atoms with E-state index in [2.05, 4.69) is 22.9 Å². The predicted molar refractivity (Wildman–Crippen MR) is 125 cm³/mol. The average Bonchev–Trinajstić information content (AvgIpc) is 3.30. The van der Waals surface area contributed by atoms with Gasteiger partial charge in [0.25, 0.3) is 0 Å². The van der Waals surface area contributed by atoms with Gasteiger partial charge in [-0.05, 0) is 68.8 Å². The summed E-state index contributed by atoms with van der Waals surface area (Å²) in [6, 6.07) is 3.85. The number of benzene rings is 1. The lowest BCUT2D eigenvalue weighted by Crippen LogP contribution is -2.47. The smallest absolute Gasteiger partial charge is 0.220 e. The number of halogens is 1. The molecule has 0 aromatic heterocycles. The Morgan fingerprint density at radius 1 is 1.34 bits per heavy atom. The molecule has 1 aliphatic carbocycles. The molecule has 1 saturated heterocycles. The summed E-state index contributed by atoms with van der Waals surface area (Å²) in [5.41, 5.74) is 1.54. The van der Waals surface area contributed by atoms with E-state index in [0.29, 0.717) is 18.5 Å². The van der Waals surface area contributed by atoms with Crippen molar-refractivity contribution in [3.8, 4) is 5.75 Å². The summed E-state index contributed by atoms with van der Waals surface area (Å²) in [6.45, 7) is 6.55. The van der Waals surface area contributed by atoms with E-state index in [9.17, 15) is 14.3 Å². The number of likely N-dealkylation sites (tertiary alicyclic amines) is 1. The van der Waals surface area contributed by atoms with Crippen molar-refractivity contribution in [1.82, 2.24) is 10.2 Å². The lowest BCUT2D eigenvalue weighted by molar-refractivity contribution is -0.123. The molecule has 3 rings (SSSR count). The summed E-state index contributed by atoms with van der Waals surface area (Å²) in [4.78, 5) is 15.3. The molecule has 32 heavy (non-hydrogen) atoms. The highest BCUT2D eigenvalue weighted by molar-refractivity contribution is 5.76. The van der Waals surface area contributed by atoms with E-state index < -0.39 is 18.0 Å². The number of ether oxygens (including phenoxy) is 1. The van der Waals surface area contributed by atoms with Crippen molar-refractivity contribution < 1.29 is 19.0 Å². The van der Waals surface area contributed by atoms with E-state index in [4.69, 9.17) is 4.74 Å². The number of hydrogen-bond donors (Lipinski definition) is 2. The maximum absolute atomic E-state index is 13.9. The molecule has 1 aromatic rings. The van der Waals surface area contributed by atoms with Crippen LogP contribution in [0.15, 0.2) is 54.7 Å². The number of carbonyl (C=O) groups excluding carboxylic acids is 1. The second-order valence-corrected chi connectivity index (χ2v) is 8.82. The number of aliphatic hydroxyl groups is 1. The van der Waals surface area contributed by atoms with E-state index >= 15 is 0 Å². The van der Waals surface area contributed by atoms with Crippen molar-refractivity contribution in [2.75, 3.05) is 26.7 Å². The first kappa shape index (κ1) is 24.2. The monoisotopic (exact) mass is 442 g/mol. The van der Waals surface area contributed by atoms with Gasteiger partial charge in [0.1, 0.15) is 6.10 Å². The minimum absolute atomic E-state index is 0.0765. The molecule has 1 aliphatic heterocycles. The molecule has 1 aromatic carbocycles. The Morgan fingerprint density at radius 2 is 2.12 bits per heavy atom. The minimum Gasteiger partial charge on any atom is -0.494 e. The molecule has 1 amide bonds. The standard InChI is InChI=1S/C26H35FN2O3/c1-19-9-5-3-4-6-10-20(15-19)16-25(30)28-23(18-29-13-7-8-14-29)26(31)21-11-12-22(27)24(17-21)32-2/h3-5,9,11-12,17,20,23,26,31H,1,6-8,10,13-16,18H2,2H3,(H,28,30)/b4-3-,9-5-/t20?,23-,26-/m1/s1. The van der Waals surface area contributed by atoms with Crippen molar-refractivity contribution in [1.29, 1.82) is 0 Å². The third-order valence-corrected chi connectivity index (χ3v) is 6.24. The van der Waals surface area contributed by atoms with Crippen LogP contribution in [0.3, 0.4) is 0 Å². The fourth-order valence-electron chi connectivity index (χ4n) is 4.50. The van der Waals surface area contributed by atoms with Gasteiger partial charge in [-0.1, -0.05) is 42.5 Å². The van der Waals surface area contributed by atoms with Gasteiger partial charge in [-0.25, -0.2) is 4.39 Å². The maximum atomic E-state index is 13.9. The van der Waals surface area contributed by atoms with E-state index in [0.717, 1.165) is 50.8 Å². The van der Waals surface area contributed by atoms with Gasteiger partial charge in [-0.3, -0.25) is 4.79 Å². The van der Waals surface area contributed by atoms with Crippen LogP contribution in [0.25, 0.3) is 0 Å². The predicted octanol–water partition coefficient (Wildman–Crippen LogP) is 4.31. The largest absolute Gasteiger partial charge is 0.494 e. The second kappa shape index (κ2) is 12.0. The van der Waals surface area contributed by atoms with Crippen molar-refractivity contribution in [2.24, 2.45) is 5.92 Å². The average molecular weight is 443 g/mol. The van der Waals surface area contributed by atoms with Crippen LogP contribution in [0.4, 0.5) is 4.39 Å². The Kier molecular flexibility index (Phi) is 9.06. The molecule has 0 bridgehead atoms. The molecule has 0 saturated carbocycles. The minimum atomic E-state index is -0.963. The van der Waals surface area contributed by atoms with Crippen LogP contribution in [0, 0.1) is 11.7 Å². The highest BCUT2D eigenvalue weighted by Gasteiger charge is 2.28. The normalized spacial score (nSPS) is 23.5. The van der Waals surface area contributed by atoms with Gasteiger partial charge < -0.3 is 20.1 Å². The third kappa shape index (κ3) is 7.04. The molecule has 6 heteroatoms. The van der Waals surface area contributed by atoms with Gasteiger partial charge >= 0.3 is 0 Å². The molecule has 2 aliphatic rings. The summed E-state index contributed by atoms with van der Waals surface area (Å²) in [6.07, 6.45) is 12.4. The zero-order valence-corrected chi connectivity index (χ0v) is 18.9. The quantitative estimate of drug-likeness (QED) is 0.630. The number of amides is 1. The zero-order valence-electron chi connectivity index (χ0n) is 18.9. The number of methoxy groups -OCH3 is 1. The Bertz CT molecular complexity index is 845. The van der Waals surface area contributed by atoms with E-state index in [1.807, 2.05) is 18.2 Å². The van der Waals surface area contributed by atoms with Gasteiger partial charge in [-0.15, -0.1) is 0 Å². The molecule has 3 atom stereocenters. The lowest BCUT2D eigenvalue weighted by Gasteiger charge is -2.29. The Labute approximate surface area is 190 Å². The van der Waals surface area contributed by atoms with Gasteiger partial charge in [0.05, 0.1) is 13.2 Å². The molecule has 5 nitrogen and oxygen atoms in total. The number of rotatable bonds is 8. The van der Waals surface area contributed by atoms with Crippen molar-refractivity contribution in [3.05, 3.63) is 66.0 Å². The summed E-state index contributed by atoms with van der Waals surface area (Å²) in [7, 11) is 1.40. The topological polar surface area (TPSA) is 61.8 Å². The molecular formula is C26H35FN2O3. The van der Waals surface area contributed by atoms with Crippen molar-refractivity contribution >= 4 is 5.91 Å². The highest BCUT2D eigenvalue weighted by atomic mass is 19.1. The molecule has 1 fully saturated rings. The number of nitrogens with one attached hydrogen (secondary N) is 1. The SMILES string of the molecule is C=C1/C=C\C=C/CCC(CC(=O)N[C@H](CN2CCCC2)[C@H](O)c2ccc(F)c(OC)c2)C1. The van der Waals surface area contributed by atoms with Gasteiger partial charge in [0.2, 0.25) is 5.91 Å². The van der Waals surface area contributed by atoms with Crippen LogP contribution in [-0.4, -0.2) is 48.7 Å². The van der Waals surface area contributed by atoms with Crippen LogP contribution in [0.1, 0.15) is 50.2 Å². The third-order valence-electron chi connectivity index (χ3n) is 6.24. The summed E-state index contributed by atoms with van der Waals surface area (Å²) < 4.78 is 18.9. The van der Waals surface area contributed by atoms with E-state index in [1.54, 1.807) is 6.07 Å². The van der Waals surface area contributed by atoms with Crippen LogP contribution in [0.5, 0.6) is 5.75 Å². The van der Waals surface area contributed by atoms with E-state index in [-0.39, 0.29) is 17.6 Å². The first-order chi connectivity index (χ1) is 15.5.